The molecule has 1 N–H and O–H groups in total. The molecular weight excluding hydrogens is 218 g/mol. The smallest absolute Gasteiger partial charge is 0.192 e. The van der Waals surface area contributed by atoms with Crippen LogP contribution in [0.1, 0.15) is 20.8 Å². The van der Waals surface area contributed by atoms with Gasteiger partial charge in [-0.25, -0.2) is 4.72 Å². The molecule has 0 aromatic carbocycles. The van der Waals surface area contributed by atoms with Crippen LogP contribution in [0.2, 0.25) is 18.1 Å². The number of nitrogens with one attached hydrogen (secondary N) is 1. The van der Waals surface area contributed by atoms with Crippen LogP contribution in [0.5, 0.6) is 0 Å². The van der Waals surface area contributed by atoms with Gasteiger partial charge in [0.2, 0.25) is 0 Å². The summed E-state index contributed by atoms with van der Waals surface area (Å²) in [6.07, 6.45) is 0. The van der Waals surface area contributed by atoms with Gasteiger partial charge in [-0.05, 0) is 18.1 Å². The molecule has 14 heavy (non-hydrogen) atoms. The Balaban J connectivity index is 3.83. The average Bonchev–Trinajstić information content (AvgIpc) is 1.95. The summed E-state index contributed by atoms with van der Waals surface area (Å²) in [5.41, 5.74) is 0. The van der Waals surface area contributed by atoms with Crippen molar-refractivity contribution in [3.05, 3.63) is 0 Å². The van der Waals surface area contributed by atoms with E-state index in [4.69, 9.17) is 4.43 Å². The Morgan fingerprint density at radius 3 is 2.29 bits per heavy atom. The monoisotopic (exact) mass is 238 g/mol. The van der Waals surface area contributed by atoms with Crippen LogP contribution < -0.4 is 4.72 Å². The van der Waals surface area contributed by atoms with E-state index in [2.05, 4.69) is 38.6 Å². The minimum Gasteiger partial charge on any atom is -0.760 e. The van der Waals surface area contributed by atoms with Crippen LogP contribution in [0.4, 0.5) is 0 Å². The molecule has 0 saturated heterocycles. The predicted octanol–water partition coefficient (Wildman–Crippen LogP) is 1.39. The van der Waals surface area contributed by atoms with Crippen molar-refractivity contribution in [3.63, 3.8) is 0 Å². The topological polar surface area (TPSA) is 61.4 Å². The molecule has 0 bridgehead atoms. The Morgan fingerprint density at radius 2 is 1.93 bits per heavy atom. The summed E-state index contributed by atoms with van der Waals surface area (Å²) in [6, 6.07) is 0. The molecule has 0 aromatic rings. The van der Waals surface area contributed by atoms with Crippen LogP contribution in [0.25, 0.3) is 0 Å². The van der Waals surface area contributed by atoms with Crippen molar-refractivity contribution in [1.29, 1.82) is 0 Å². The fraction of sp³-hybridized carbons (Fsp3) is 1.00. The summed E-state index contributed by atoms with van der Waals surface area (Å²) in [7, 11) is -1.72. The third-order valence-corrected chi connectivity index (χ3v) is 7.57. The molecule has 0 amide bonds. The SMILES string of the molecule is CC(C)(C)[Si](C)(C)OCCNS(=O)[O-]. The van der Waals surface area contributed by atoms with Gasteiger partial charge in [0, 0.05) is 24.4 Å². The maximum absolute atomic E-state index is 10.2. The highest BCUT2D eigenvalue weighted by Crippen LogP contribution is 2.36. The molecule has 0 saturated carbocycles. The molecule has 0 heterocycles. The molecule has 0 fully saturated rings. The van der Waals surface area contributed by atoms with E-state index in [0.717, 1.165) is 0 Å². The molecule has 4 nitrogen and oxygen atoms in total. The molecule has 1 atom stereocenters. The number of hydrogen-bond donors (Lipinski definition) is 1. The van der Waals surface area contributed by atoms with Gasteiger partial charge in [0.15, 0.2) is 8.32 Å². The normalized spacial score (nSPS) is 15.6. The lowest BCUT2D eigenvalue weighted by Crippen LogP contribution is -2.42. The molecule has 0 spiro atoms. The van der Waals surface area contributed by atoms with Gasteiger partial charge in [-0.2, -0.15) is 0 Å². The standard InChI is InChI=1S/C8H21NO3SSi/c1-8(2,3)14(4,5)12-7-6-9-13(10)11/h9H,6-7H2,1-5H3,(H,10,11)/p-1. The summed E-state index contributed by atoms with van der Waals surface area (Å²) < 4.78 is 28.4. The molecule has 6 heteroatoms. The first-order valence-corrected chi connectivity index (χ1v) is 8.62. The van der Waals surface area contributed by atoms with Gasteiger partial charge in [-0.15, -0.1) is 0 Å². The van der Waals surface area contributed by atoms with Gasteiger partial charge < -0.3 is 8.98 Å². The Labute approximate surface area is 90.0 Å². The van der Waals surface area contributed by atoms with Gasteiger partial charge in [0.25, 0.3) is 0 Å². The highest BCUT2D eigenvalue weighted by Gasteiger charge is 2.36. The Hall–Kier alpha value is 0.247. The van der Waals surface area contributed by atoms with E-state index in [9.17, 15) is 8.76 Å². The Bertz CT molecular complexity index is 203. The Morgan fingerprint density at radius 1 is 1.43 bits per heavy atom. The molecule has 86 valence electrons. The van der Waals surface area contributed by atoms with E-state index in [1.54, 1.807) is 0 Å². The van der Waals surface area contributed by atoms with Crippen molar-refractivity contribution in [2.75, 3.05) is 13.2 Å². The third-order valence-electron chi connectivity index (χ3n) is 2.59. The highest BCUT2D eigenvalue weighted by atomic mass is 32.2. The second-order valence-electron chi connectivity index (χ2n) is 4.74. The largest absolute Gasteiger partial charge is 0.760 e. The second kappa shape index (κ2) is 5.36. The van der Waals surface area contributed by atoms with Crippen molar-refractivity contribution in [2.45, 2.75) is 38.9 Å². The average molecular weight is 238 g/mol. The van der Waals surface area contributed by atoms with E-state index >= 15 is 0 Å². The van der Waals surface area contributed by atoms with E-state index in [1.807, 2.05) is 0 Å². The van der Waals surface area contributed by atoms with Gasteiger partial charge in [0.1, 0.15) is 0 Å². The van der Waals surface area contributed by atoms with Crippen LogP contribution in [0, 0.1) is 0 Å². The first kappa shape index (κ1) is 14.2. The lowest BCUT2D eigenvalue weighted by molar-refractivity contribution is 0.292. The molecule has 0 aliphatic carbocycles. The first-order valence-electron chi connectivity index (χ1n) is 4.63. The Kier molecular flexibility index (Phi) is 5.46. The number of hydrogen-bond acceptors (Lipinski definition) is 3. The van der Waals surface area contributed by atoms with Crippen LogP contribution in [0.15, 0.2) is 0 Å². The zero-order valence-electron chi connectivity index (χ0n) is 9.55. The van der Waals surface area contributed by atoms with Crippen LogP contribution >= 0.6 is 0 Å². The van der Waals surface area contributed by atoms with Crippen molar-refractivity contribution in [2.24, 2.45) is 0 Å². The second-order valence-corrected chi connectivity index (χ2v) is 10.3. The molecule has 0 radical (unpaired) electrons. The summed E-state index contributed by atoms with van der Waals surface area (Å²) in [5.74, 6) is 0. The fourth-order valence-corrected chi connectivity index (χ4v) is 1.94. The molecule has 0 rings (SSSR count). The minimum atomic E-state index is -2.18. The first-order chi connectivity index (χ1) is 6.17. The van der Waals surface area contributed by atoms with Gasteiger partial charge >= 0.3 is 0 Å². The zero-order valence-corrected chi connectivity index (χ0v) is 11.4. The summed E-state index contributed by atoms with van der Waals surface area (Å²) >= 11 is -2.18. The molecule has 1 unspecified atom stereocenters. The lowest BCUT2D eigenvalue weighted by Gasteiger charge is -2.36. The molecule has 0 aliphatic heterocycles. The predicted molar refractivity (Wildman–Crippen MR) is 60.1 cm³/mol. The van der Waals surface area contributed by atoms with E-state index < -0.39 is 19.6 Å². The quantitative estimate of drug-likeness (QED) is 0.447. The highest BCUT2D eigenvalue weighted by molar-refractivity contribution is 7.77. The van der Waals surface area contributed by atoms with Gasteiger partial charge in [0.05, 0.1) is 0 Å². The van der Waals surface area contributed by atoms with Crippen molar-refractivity contribution in [3.8, 4) is 0 Å². The van der Waals surface area contributed by atoms with E-state index in [1.165, 1.54) is 0 Å². The lowest BCUT2D eigenvalue weighted by atomic mass is 10.2. The van der Waals surface area contributed by atoms with E-state index in [-0.39, 0.29) is 5.04 Å². The van der Waals surface area contributed by atoms with Crippen molar-refractivity contribution >= 4 is 19.6 Å². The summed E-state index contributed by atoms with van der Waals surface area (Å²) in [4.78, 5) is 0. The van der Waals surface area contributed by atoms with Gasteiger partial charge in [-0.1, -0.05) is 20.8 Å². The van der Waals surface area contributed by atoms with Gasteiger partial charge in [-0.3, -0.25) is 4.21 Å². The summed E-state index contributed by atoms with van der Waals surface area (Å²) in [5, 5.41) is 0.170. The maximum Gasteiger partial charge on any atom is 0.192 e. The molecule has 0 aliphatic rings. The summed E-state index contributed by atoms with van der Waals surface area (Å²) in [6.45, 7) is 11.5. The zero-order chi connectivity index (χ0) is 11.4. The van der Waals surface area contributed by atoms with Crippen LogP contribution in [0.3, 0.4) is 0 Å². The maximum atomic E-state index is 10.2. The van der Waals surface area contributed by atoms with Crippen molar-refractivity contribution < 1.29 is 13.2 Å². The molecule has 0 aromatic heterocycles. The van der Waals surface area contributed by atoms with E-state index in [0.29, 0.717) is 13.2 Å². The van der Waals surface area contributed by atoms with Crippen LogP contribution in [-0.4, -0.2) is 30.2 Å². The third kappa shape index (κ3) is 5.21. The van der Waals surface area contributed by atoms with Crippen molar-refractivity contribution in [1.82, 2.24) is 4.72 Å². The number of rotatable bonds is 5. The van der Waals surface area contributed by atoms with Crippen LogP contribution in [-0.2, 0) is 15.7 Å². The minimum absolute atomic E-state index is 0.170. The molecular formula is C8H20NO3SSi-. The fourth-order valence-electron chi connectivity index (χ4n) is 0.648.